The number of carbonyl (C=O) groups excluding carboxylic acids is 1. The van der Waals surface area contributed by atoms with E-state index < -0.39 is 43.1 Å². The number of nitro benzene ring substituents is 1. The minimum absolute atomic E-state index is 0.0332. The van der Waals surface area contributed by atoms with E-state index in [1.54, 1.807) is 37.3 Å². The van der Waals surface area contributed by atoms with Gasteiger partial charge in [0.05, 0.1) is 30.3 Å². The van der Waals surface area contributed by atoms with Crippen molar-refractivity contribution < 1.29 is 36.4 Å². The first-order valence-corrected chi connectivity index (χ1v) is 17.0. The molecule has 0 bridgehead atoms. The summed E-state index contributed by atoms with van der Waals surface area (Å²) in [5, 5.41) is 11.9. The van der Waals surface area contributed by atoms with Crippen LogP contribution < -0.4 is 13.9 Å². The molecule has 13 heteroatoms. The van der Waals surface area contributed by atoms with Crippen LogP contribution >= 0.6 is 0 Å². The van der Waals surface area contributed by atoms with E-state index in [2.05, 4.69) is 4.90 Å². The van der Waals surface area contributed by atoms with Crippen LogP contribution in [0.2, 0.25) is 0 Å². The third-order valence-corrected chi connectivity index (χ3v) is 9.89. The van der Waals surface area contributed by atoms with Crippen molar-refractivity contribution in [2.24, 2.45) is 0 Å². The molecule has 0 N–H and O–H groups in total. The number of para-hydroxylation sites is 2. The molecule has 0 unspecified atom stereocenters. The van der Waals surface area contributed by atoms with E-state index in [-0.39, 0.29) is 49.6 Å². The van der Waals surface area contributed by atoms with Crippen LogP contribution in [0.1, 0.15) is 36.5 Å². The van der Waals surface area contributed by atoms with Gasteiger partial charge in [-0.25, -0.2) is 17.2 Å². The fourth-order valence-corrected chi connectivity index (χ4v) is 7.35. The zero-order valence-corrected chi connectivity index (χ0v) is 27.1. The summed E-state index contributed by atoms with van der Waals surface area (Å²) >= 11 is 0. The van der Waals surface area contributed by atoms with E-state index in [4.69, 9.17) is 9.47 Å². The van der Waals surface area contributed by atoms with Gasteiger partial charge in [0.1, 0.15) is 12.4 Å². The summed E-state index contributed by atoms with van der Waals surface area (Å²) in [5.41, 5.74) is 1.93. The Balaban J connectivity index is 1.48. The normalized spacial score (nSPS) is 12.7. The van der Waals surface area contributed by atoms with Crippen LogP contribution in [0.3, 0.4) is 0 Å². The number of hydrogen-bond donors (Lipinski definition) is 0. The number of ether oxygens (including phenoxy) is 2. The smallest absolute Gasteiger partial charge is 0.306 e. The van der Waals surface area contributed by atoms with Crippen molar-refractivity contribution in [2.75, 3.05) is 35.5 Å². The lowest BCUT2D eigenvalue weighted by Crippen LogP contribution is -2.35. The van der Waals surface area contributed by atoms with Crippen LogP contribution in [0.5, 0.6) is 5.75 Å². The number of anilines is 2. The monoisotopic (exact) mass is 679 g/mol. The van der Waals surface area contributed by atoms with Crippen molar-refractivity contribution >= 4 is 33.1 Å². The highest BCUT2D eigenvalue weighted by molar-refractivity contribution is 7.93. The first-order chi connectivity index (χ1) is 23.1. The van der Waals surface area contributed by atoms with E-state index in [0.717, 1.165) is 40.2 Å². The number of benzene rings is 4. The van der Waals surface area contributed by atoms with E-state index in [1.807, 2.05) is 6.07 Å². The van der Waals surface area contributed by atoms with Crippen molar-refractivity contribution in [3.8, 4) is 5.75 Å². The van der Waals surface area contributed by atoms with Gasteiger partial charge in [0.2, 0.25) is 0 Å². The molecule has 0 radical (unpaired) electrons. The molecule has 0 saturated heterocycles. The summed E-state index contributed by atoms with van der Waals surface area (Å²) < 4.78 is 69.6. The van der Waals surface area contributed by atoms with Gasteiger partial charge in [-0.15, -0.1) is 0 Å². The Kier molecular flexibility index (Phi) is 10.9. The van der Waals surface area contributed by atoms with Crippen molar-refractivity contribution in [1.29, 1.82) is 0 Å². The Labute approximate surface area is 277 Å². The second kappa shape index (κ2) is 15.2. The number of nitrogens with zero attached hydrogens (tertiary/aromatic N) is 3. The van der Waals surface area contributed by atoms with Crippen molar-refractivity contribution in [1.82, 2.24) is 0 Å². The van der Waals surface area contributed by atoms with Gasteiger partial charge in [0.25, 0.3) is 15.7 Å². The molecule has 0 spiro atoms. The van der Waals surface area contributed by atoms with Gasteiger partial charge in [-0.05, 0) is 79.3 Å². The van der Waals surface area contributed by atoms with Crippen LogP contribution in [-0.2, 0) is 38.9 Å². The number of rotatable bonds is 14. The summed E-state index contributed by atoms with van der Waals surface area (Å²) in [5.74, 6) is -1.51. The molecule has 0 fully saturated rings. The lowest BCUT2D eigenvalue weighted by molar-refractivity contribution is -0.387. The Hall–Kier alpha value is -5.04. The van der Waals surface area contributed by atoms with Crippen molar-refractivity contribution in [3.05, 3.63) is 123 Å². The van der Waals surface area contributed by atoms with Crippen molar-refractivity contribution in [2.45, 2.75) is 44.0 Å². The highest BCUT2D eigenvalue weighted by Crippen LogP contribution is 2.36. The molecular formula is C35H35F2N3O7S. The molecule has 48 heavy (non-hydrogen) atoms. The van der Waals surface area contributed by atoms with Gasteiger partial charge in [-0.2, -0.15) is 0 Å². The van der Waals surface area contributed by atoms with E-state index >= 15 is 4.39 Å². The maximum atomic E-state index is 15.5. The molecule has 4 aromatic rings. The first-order valence-electron chi connectivity index (χ1n) is 15.5. The zero-order valence-electron chi connectivity index (χ0n) is 26.3. The second-order valence-electron chi connectivity index (χ2n) is 11.1. The van der Waals surface area contributed by atoms with Crippen LogP contribution in [-0.4, -0.2) is 45.6 Å². The Bertz CT molecular complexity index is 1910. The number of esters is 1. The van der Waals surface area contributed by atoms with Crippen LogP contribution in [0.15, 0.2) is 89.8 Å². The number of halogens is 2. The maximum absolute atomic E-state index is 15.5. The molecule has 10 nitrogen and oxygen atoms in total. The molecule has 4 aromatic carbocycles. The highest BCUT2D eigenvalue weighted by atomic mass is 32.2. The number of hydrogen-bond acceptors (Lipinski definition) is 8. The maximum Gasteiger partial charge on any atom is 0.306 e. The van der Waals surface area contributed by atoms with Gasteiger partial charge in [0, 0.05) is 24.7 Å². The van der Waals surface area contributed by atoms with Gasteiger partial charge in [-0.3, -0.25) is 19.2 Å². The lowest BCUT2D eigenvalue weighted by Gasteiger charge is -2.33. The predicted octanol–water partition coefficient (Wildman–Crippen LogP) is 6.60. The third-order valence-electron chi connectivity index (χ3n) is 8.07. The molecule has 0 amide bonds. The molecule has 1 aliphatic heterocycles. The van der Waals surface area contributed by atoms with E-state index in [1.165, 1.54) is 30.3 Å². The predicted molar refractivity (Wildman–Crippen MR) is 177 cm³/mol. The van der Waals surface area contributed by atoms with Gasteiger partial charge in [0.15, 0.2) is 16.5 Å². The summed E-state index contributed by atoms with van der Waals surface area (Å²) in [6.45, 7) is 2.99. The number of sulfonamides is 1. The molecule has 0 atom stereocenters. The fourth-order valence-electron chi connectivity index (χ4n) is 5.76. The fraction of sp³-hybridized carbons (Fsp3) is 0.286. The minimum atomic E-state index is -4.60. The quantitative estimate of drug-likeness (QED) is 0.0832. The SMILES string of the molecule is CCOC(=O)CCc1ccc(N(Cc2cccc3c2CCCN3CCOc2ccccc2F)S(=O)(=O)c2ccccc2[N+](=O)[O-])cc1F. The standard InChI is InChI=1S/C35H35F2N3O7S/c1-2-46-35(41)19-17-25-16-18-27(23-30(25)37)39(48(44,45)34-15-6-4-12-32(34)40(42)43)24-26-9-7-13-31-28(26)10-8-20-38(31)21-22-47-33-14-5-3-11-29(33)36/h3-7,9,11-16,18,23H,2,8,10,17,19-22,24H2,1H3. The largest absolute Gasteiger partial charge is 0.489 e. The van der Waals surface area contributed by atoms with Gasteiger partial charge >= 0.3 is 5.97 Å². The Morgan fingerprint density at radius 2 is 1.75 bits per heavy atom. The van der Waals surface area contributed by atoms with E-state index in [9.17, 15) is 27.7 Å². The Morgan fingerprint density at radius 3 is 2.50 bits per heavy atom. The number of carbonyl (C=O) groups is 1. The number of aryl methyl sites for hydroxylation is 1. The molecule has 1 aliphatic rings. The second-order valence-corrected chi connectivity index (χ2v) is 12.9. The lowest BCUT2D eigenvalue weighted by atomic mass is 9.96. The highest BCUT2D eigenvalue weighted by Gasteiger charge is 2.33. The number of nitro groups is 1. The molecule has 0 saturated carbocycles. The molecule has 0 aliphatic carbocycles. The number of fused-ring (bicyclic) bond motifs is 1. The average Bonchev–Trinajstić information content (AvgIpc) is 3.07. The topological polar surface area (TPSA) is 119 Å². The van der Waals surface area contributed by atoms with Gasteiger partial charge < -0.3 is 14.4 Å². The van der Waals surface area contributed by atoms with Crippen LogP contribution in [0, 0.1) is 21.7 Å². The molecule has 5 rings (SSSR count). The van der Waals surface area contributed by atoms with Crippen LogP contribution in [0.25, 0.3) is 0 Å². The molecule has 1 heterocycles. The Morgan fingerprint density at radius 1 is 0.979 bits per heavy atom. The molecule has 252 valence electrons. The summed E-state index contributed by atoms with van der Waals surface area (Å²) in [7, 11) is -4.60. The summed E-state index contributed by atoms with van der Waals surface area (Å²) in [6, 6.07) is 20.6. The molecule has 0 aromatic heterocycles. The first kappa shape index (κ1) is 34.3. The minimum Gasteiger partial charge on any atom is -0.489 e. The zero-order chi connectivity index (χ0) is 34.3. The molecular weight excluding hydrogens is 644 g/mol. The summed E-state index contributed by atoms with van der Waals surface area (Å²) in [6.07, 6.45) is 1.38. The summed E-state index contributed by atoms with van der Waals surface area (Å²) in [4.78, 5) is 24.5. The van der Waals surface area contributed by atoms with Crippen molar-refractivity contribution in [3.63, 3.8) is 0 Å². The average molecular weight is 680 g/mol. The third kappa shape index (κ3) is 7.73. The van der Waals surface area contributed by atoms with Gasteiger partial charge in [-0.1, -0.05) is 42.5 Å². The van der Waals surface area contributed by atoms with E-state index in [0.29, 0.717) is 25.1 Å². The van der Waals surface area contributed by atoms with Crippen LogP contribution in [0.4, 0.5) is 25.8 Å².